The maximum absolute atomic E-state index is 4.56. The number of halogens is 1. The van der Waals surface area contributed by atoms with Crippen LogP contribution in [0, 0.1) is 5.92 Å². The third-order valence-electron chi connectivity index (χ3n) is 3.35. The van der Waals surface area contributed by atoms with E-state index in [9.17, 15) is 0 Å². The molecule has 0 aliphatic heterocycles. The van der Waals surface area contributed by atoms with Crippen LogP contribution in [0.15, 0.2) is 10.7 Å². The molecule has 4 heteroatoms. The number of hydrogen-bond donors (Lipinski definition) is 1. The van der Waals surface area contributed by atoms with Crippen LogP contribution in [-0.2, 0) is 6.42 Å². The van der Waals surface area contributed by atoms with Gasteiger partial charge in [-0.25, -0.2) is 9.97 Å². The van der Waals surface area contributed by atoms with Crippen molar-refractivity contribution in [3.63, 3.8) is 0 Å². The molecule has 102 valence electrons. The number of nitrogens with one attached hydrogen (secondary N) is 1. The average molecular weight is 314 g/mol. The molecule has 0 saturated heterocycles. The van der Waals surface area contributed by atoms with Gasteiger partial charge in [-0.3, -0.25) is 0 Å². The SMILES string of the molecule is CCCc1nc(Br)cc(NC(C)C(CC)CC)n1. The number of aryl methyl sites for hydroxylation is 1. The van der Waals surface area contributed by atoms with Crippen molar-refractivity contribution in [1.82, 2.24) is 9.97 Å². The van der Waals surface area contributed by atoms with Crippen LogP contribution in [0.25, 0.3) is 0 Å². The summed E-state index contributed by atoms with van der Waals surface area (Å²) in [4.78, 5) is 8.94. The van der Waals surface area contributed by atoms with Crippen molar-refractivity contribution in [3.8, 4) is 0 Å². The first-order chi connectivity index (χ1) is 8.60. The van der Waals surface area contributed by atoms with Gasteiger partial charge in [0.25, 0.3) is 0 Å². The van der Waals surface area contributed by atoms with E-state index in [1.54, 1.807) is 0 Å². The first kappa shape index (κ1) is 15.4. The molecule has 1 N–H and O–H groups in total. The molecule has 0 radical (unpaired) electrons. The Kier molecular flexibility index (Phi) is 6.61. The molecule has 0 fully saturated rings. The van der Waals surface area contributed by atoms with Crippen LogP contribution in [-0.4, -0.2) is 16.0 Å². The second kappa shape index (κ2) is 7.72. The molecule has 1 heterocycles. The van der Waals surface area contributed by atoms with E-state index in [-0.39, 0.29) is 0 Å². The fourth-order valence-electron chi connectivity index (χ4n) is 2.22. The second-order valence-corrected chi connectivity index (χ2v) is 5.56. The van der Waals surface area contributed by atoms with Crippen LogP contribution in [0.1, 0.15) is 52.8 Å². The Morgan fingerprint density at radius 3 is 2.44 bits per heavy atom. The molecular weight excluding hydrogens is 290 g/mol. The molecule has 1 rings (SSSR count). The topological polar surface area (TPSA) is 37.8 Å². The third kappa shape index (κ3) is 4.56. The van der Waals surface area contributed by atoms with Gasteiger partial charge in [-0.2, -0.15) is 0 Å². The van der Waals surface area contributed by atoms with Crippen molar-refractivity contribution >= 4 is 21.7 Å². The quantitative estimate of drug-likeness (QED) is 0.757. The molecule has 3 nitrogen and oxygen atoms in total. The summed E-state index contributed by atoms with van der Waals surface area (Å²) in [5, 5.41) is 3.50. The smallest absolute Gasteiger partial charge is 0.132 e. The lowest BCUT2D eigenvalue weighted by Gasteiger charge is -2.23. The molecule has 0 saturated carbocycles. The van der Waals surface area contributed by atoms with Crippen LogP contribution in [0.5, 0.6) is 0 Å². The zero-order valence-corrected chi connectivity index (χ0v) is 13.4. The molecule has 1 aromatic rings. The van der Waals surface area contributed by atoms with Gasteiger partial charge in [0.05, 0.1) is 0 Å². The predicted molar refractivity (Wildman–Crippen MR) is 80.9 cm³/mol. The normalized spacial score (nSPS) is 12.8. The Labute approximate surface area is 119 Å². The summed E-state index contributed by atoms with van der Waals surface area (Å²) in [6.45, 7) is 8.85. The molecule has 0 aromatic carbocycles. The molecule has 1 atom stereocenters. The van der Waals surface area contributed by atoms with E-state index in [2.05, 4.69) is 58.9 Å². The minimum absolute atomic E-state index is 0.441. The van der Waals surface area contributed by atoms with Gasteiger partial charge in [0.2, 0.25) is 0 Å². The minimum atomic E-state index is 0.441. The molecular formula is C14H24BrN3. The van der Waals surface area contributed by atoms with E-state index in [4.69, 9.17) is 0 Å². The van der Waals surface area contributed by atoms with Gasteiger partial charge < -0.3 is 5.32 Å². The van der Waals surface area contributed by atoms with E-state index in [1.807, 2.05) is 6.07 Å². The first-order valence-corrected chi connectivity index (χ1v) is 7.69. The van der Waals surface area contributed by atoms with Crippen molar-refractivity contribution in [2.45, 2.75) is 59.4 Å². The molecule has 0 aliphatic carbocycles. The number of aromatic nitrogens is 2. The fourth-order valence-corrected chi connectivity index (χ4v) is 2.64. The Hall–Kier alpha value is -0.640. The third-order valence-corrected chi connectivity index (χ3v) is 3.75. The van der Waals surface area contributed by atoms with Crippen molar-refractivity contribution < 1.29 is 0 Å². The van der Waals surface area contributed by atoms with E-state index in [0.29, 0.717) is 12.0 Å². The van der Waals surface area contributed by atoms with Crippen LogP contribution < -0.4 is 5.32 Å². The molecule has 0 spiro atoms. The lowest BCUT2D eigenvalue weighted by atomic mass is 9.95. The summed E-state index contributed by atoms with van der Waals surface area (Å²) in [5.74, 6) is 2.53. The summed E-state index contributed by atoms with van der Waals surface area (Å²) in [5.41, 5.74) is 0. The Balaban J connectivity index is 2.77. The molecule has 0 bridgehead atoms. The number of rotatable bonds is 7. The van der Waals surface area contributed by atoms with E-state index in [1.165, 1.54) is 12.8 Å². The van der Waals surface area contributed by atoms with Crippen molar-refractivity contribution in [1.29, 1.82) is 0 Å². The molecule has 18 heavy (non-hydrogen) atoms. The van der Waals surface area contributed by atoms with Gasteiger partial charge in [0.15, 0.2) is 0 Å². The summed E-state index contributed by atoms with van der Waals surface area (Å²) >= 11 is 3.45. The van der Waals surface area contributed by atoms with Gasteiger partial charge >= 0.3 is 0 Å². The highest BCUT2D eigenvalue weighted by Crippen LogP contribution is 2.19. The van der Waals surface area contributed by atoms with Crippen molar-refractivity contribution in [3.05, 3.63) is 16.5 Å². The minimum Gasteiger partial charge on any atom is -0.367 e. The highest BCUT2D eigenvalue weighted by Gasteiger charge is 2.14. The van der Waals surface area contributed by atoms with Gasteiger partial charge in [-0.05, 0) is 35.2 Å². The average Bonchev–Trinajstić information content (AvgIpc) is 2.30. The predicted octanol–water partition coefficient (Wildman–Crippen LogP) is 4.43. The zero-order chi connectivity index (χ0) is 13.5. The Morgan fingerprint density at radius 1 is 1.22 bits per heavy atom. The summed E-state index contributed by atoms with van der Waals surface area (Å²) < 4.78 is 0.861. The van der Waals surface area contributed by atoms with Crippen LogP contribution in [0.2, 0.25) is 0 Å². The summed E-state index contributed by atoms with van der Waals surface area (Å²) in [7, 11) is 0. The van der Waals surface area contributed by atoms with Gasteiger partial charge in [0.1, 0.15) is 16.2 Å². The maximum Gasteiger partial charge on any atom is 0.132 e. The Bertz CT molecular complexity index is 364. The standard InChI is InChI=1S/C14H24BrN3/c1-5-8-13-17-12(15)9-14(18-13)16-10(4)11(6-2)7-3/h9-11H,5-8H2,1-4H3,(H,16,17,18). The molecule has 0 amide bonds. The van der Waals surface area contributed by atoms with Gasteiger partial charge in [0, 0.05) is 18.5 Å². The van der Waals surface area contributed by atoms with Crippen LogP contribution in [0.4, 0.5) is 5.82 Å². The highest BCUT2D eigenvalue weighted by molar-refractivity contribution is 9.10. The number of anilines is 1. The van der Waals surface area contributed by atoms with E-state index >= 15 is 0 Å². The Morgan fingerprint density at radius 2 is 1.89 bits per heavy atom. The second-order valence-electron chi connectivity index (χ2n) is 4.75. The lowest BCUT2D eigenvalue weighted by molar-refractivity contribution is 0.437. The monoisotopic (exact) mass is 313 g/mol. The first-order valence-electron chi connectivity index (χ1n) is 6.90. The summed E-state index contributed by atoms with van der Waals surface area (Å²) in [6.07, 6.45) is 4.38. The molecule has 0 aliphatic rings. The maximum atomic E-state index is 4.56. The van der Waals surface area contributed by atoms with Gasteiger partial charge in [-0.1, -0.05) is 33.6 Å². The zero-order valence-electron chi connectivity index (χ0n) is 11.8. The van der Waals surface area contributed by atoms with E-state index < -0.39 is 0 Å². The van der Waals surface area contributed by atoms with Crippen molar-refractivity contribution in [2.75, 3.05) is 5.32 Å². The molecule has 1 unspecified atom stereocenters. The van der Waals surface area contributed by atoms with Crippen LogP contribution in [0.3, 0.4) is 0 Å². The largest absolute Gasteiger partial charge is 0.367 e. The molecule has 1 aromatic heterocycles. The number of nitrogens with zero attached hydrogens (tertiary/aromatic N) is 2. The van der Waals surface area contributed by atoms with Crippen LogP contribution >= 0.6 is 15.9 Å². The lowest BCUT2D eigenvalue weighted by Crippen LogP contribution is -2.25. The highest BCUT2D eigenvalue weighted by atomic mass is 79.9. The van der Waals surface area contributed by atoms with Crippen molar-refractivity contribution in [2.24, 2.45) is 5.92 Å². The number of hydrogen-bond acceptors (Lipinski definition) is 3. The summed E-state index contributed by atoms with van der Waals surface area (Å²) in [6, 6.07) is 2.40. The van der Waals surface area contributed by atoms with Gasteiger partial charge in [-0.15, -0.1) is 0 Å². The van der Waals surface area contributed by atoms with E-state index in [0.717, 1.165) is 29.1 Å². The fraction of sp³-hybridized carbons (Fsp3) is 0.714.